The number of imide groups is 1. The fourth-order valence-corrected chi connectivity index (χ4v) is 3.92. The quantitative estimate of drug-likeness (QED) is 0.686. The maximum atomic E-state index is 12.6. The summed E-state index contributed by atoms with van der Waals surface area (Å²) in [5.74, 6) is -0.305. The van der Waals surface area contributed by atoms with E-state index in [9.17, 15) is 9.59 Å². The minimum Gasteiger partial charge on any atom is -0.334 e. The molecular weight excluding hydrogens is 374 g/mol. The molecule has 30 heavy (non-hydrogen) atoms. The van der Waals surface area contributed by atoms with E-state index in [1.807, 2.05) is 54.6 Å². The van der Waals surface area contributed by atoms with Crippen molar-refractivity contribution in [3.8, 4) is 0 Å². The van der Waals surface area contributed by atoms with Crippen molar-refractivity contribution in [2.24, 2.45) is 0 Å². The Labute approximate surface area is 176 Å². The van der Waals surface area contributed by atoms with Crippen LogP contribution in [0.5, 0.6) is 0 Å². The first-order valence-corrected chi connectivity index (χ1v) is 10.2. The highest BCUT2D eigenvalue weighted by Crippen LogP contribution is 2.32. The van der Waals surface area contributed by atoms with E-state index in [2.05, 4.69) is 45.9 Å². The number of carbonyl (C=O) groups is 2. The lowest BCUT2D eigenvalue weighted by atomic mass is 9.90. The molecule has 3 amide bonds. The van der Waals surface area contributed by atoms with Gasteiger partial charge in [0.1, 0.15) is 0 Å². The fraction of sp³-hybridized carbons (Fsp3) is 0.200. The SMILES string of the molecule is O=C(CN1Cc2ccccc2CC1c1ccccc1)NC(=O)NCc1ccccc1. The van der Waals surface area contributed by atoms with Crippen LogP contribution in [-0.4, -0.2) is 23.4 Å². The molecule has 1 unspecified atom stereocenters. The van der Waals surface area contributed by atoms with Crippen molar-refractivity contribution >= 4 is 11.9 Å². The van der Waals surface area contributed by atoms with E-state index in [1.165, 1.54) is 16.7 Å². The van der Waals surface area contributed by atoms with E-state index in [0.29, 0.717) is 13.1 Å². The third-order valence-corrected chi connectivity index (χ3v) is 5.43. The number of rotatable bonds is 5. The van der Waals surface area contributed by atoms with E-state index in [-0.39, 0.29) is 18.5 Å². The van der Waals surface area contributed by atoms with Gasteiger partial charge < -0.3 is 5.32 Å². The average molecular weight is 399 g/mol. The molecule has 1 aliphatic rings. The van der Waals surface area contributed by atoms with Gasteiger partial charge in [-0.2, -0.15) is 0 Å². The van der Waals surface area contributed by atoms with E-state index >= 15 is 0 Å². The molecule has 4 rings (SSSR count). The van der Waals surface area contributed by atoms with Gasteiger partial charge in [-0.05, 0) is 28.7 Å². The van der Waals surface area contributed by atoms with Crippen molar-refractivity contribution in [3.63, 3.8) is 0 Å². The third-order valence-electron chi connectivity index (χ3n) is 5.43. The predicted octanol–water partition coefficient (Wildman–Crippen LogP) is 3.81. The van der Waals surface area contributed by atoms with Gasteiger partial charge in [0.25, 0.3) is 0 Å². The Hall–Kier alpha value is -3.44. The summed E-state index contributed by atoms with van der Waals surface area (Å²) in [6.07, 6.45) is 0.841. The lowest BCUT2D eigenvalue weighted by Crippen LogP contribution is -2.46. The average Bonchev–Trinajstić information content (AvgIpc) is 2.78. The molecule has 3 aromatic rings. The van der Waals surface area contributed by atoms with Gasteiger partial charge in [0, 0.05) is 19.1 Å². The van der Waals surface area contributed by atoms with Gasteiger partial charge >= 0.3 is 6.03 Å². The first-order valence-electron chi connectivity index (χ1n) is 10.2. The van der Waals surface area contributed by atoms with Crippen LogP contribution in [0.1, 0.15) is 28.3 Å². The molecule has 0 saturated heterocycles. The smallest absolute Gasteiger partial charge is 0.321 e. The Morgan fingerprint density at radius 3 is 2.20 bits per heavy atom. The molecule has 0 fully saturated rings. The Balaban J connectivity index is 1.40. The van der Waals surface area contributed by atoms with Crippen molar-refractivity contribution in [2.45, 2.75) is 25.6 Å². The molecule has 3 aromatic carbocycles. The number of nitrogens with zero attached hydrogens (tertiary/aromatic N) is 1. The van der Waals surface area contributed by atoms with Crippen LogP contribution in [0, 0.1) is 0 Å². The summed E-state index contributed by atoms with van der Waals surface area (Å²) >= 11 is 0. The second-order valence-corrected chi connectivity index (χ2v) is 7.52. The number of hydrogen-bond donors (Lipinski definition) is 2. The van der Waals surface area contributed by atoms with E-state index in [4.69, 9.17) is 0 Å². The second kappa shape index (κ2) is 9.37. The summed E-state index contributed by atoms with van der Waals surface area (Å²) in [4.78, 5) is 26.9. The Morgan fingerprint density at radius 2 is 1.47 bits per heavy atom. The predicted molar refractivity (Wildman–Crippen MR) is 117 cm³/mol. The Bertz CT molecular complexity index is 1010. The van der Waals surface area contributed by atoms with Gasteiger partial charge in [0.2, 0.25) is 5.91 Å². The maximum absolute atomic E-state index is 12.6. The summed E-state index contributed by atoms with van der Waals surface area (Å²) in [7, 11) is 0. The van der Waals surface area contributed by atoms with E-state index < -0.39 is 6.03 Å². The van der Waals surface area contributed by atoms with Crippen LogP contribution < -0.4 is 10.6 Å². The molecule has 152 valence electrons. The minimum atomic E-state index is -0.475. The first kappa shape index (κ1) is 19.9. The lowest BCUT2D eigenvalue weighted by Gasteiger charge is -2.36. The molecule has 0 radical (unpaired) electrons. The van der Waals surface area contributed by atoms with Crippen LogP contribution >= 0.6 is 0 Å². The number of fused-ring (bicyclic) bond motifs is 1. The molecule has 2 N–H and O–H groups in total. The van der Waals surface area contributed by atoms with Gasteiger partial charge in [-0.3, -0.25) is 15.0 Å². The largest absolute Gasteiger partial charge is 0.334 e. The van der Waals surface area contributed by atoms with Gasteiger partial charge in [-0.15, -0.1) is 0 Å². The van der Waals surface area contributed by atoms with Crippen LogP contribution in [-0.2, 0) is 24.3 Å². The summed E-state index contributed by atoms with van der Waals surface area (Å²) in [5.41, 5.74) is 4.69. The van der Waals surface area contributed by atoms with E-state index in [0.717, 1.165) is 12.0 Å². The molecule has 5 nitrogen and oxygen atoms in total. The van der Waals surface area contributed by atoms with Crippen molar-refractivity contribution in [2.75, 3.05) is 6.54 Å². The highest BCUT2D eigenvalue weighted by Gasteiger charge is 2.28. The summed E-state index contributed by atoms with van der Waals surface area (Å²) < 4.78 is 0. The highest BCUT2D eigenvalue weighted by molar-refractivity contribution is 5.95. The molecule has 0 aliphatic carbocycles. The monoisotopic (exact) mass is 399 g/mol. The zero-order valence-electron chi connectivity index (χ0n) is 16.8. The van der Waals surface area contributed by atoms with Crippen LogP contribution in [0.3, 0.4) is 0 Å². The van der Waals surface area contributed by atoms with Crippen LogP contribution in [0.15, 0.2) is 84.9 Å². The first-order chi connectivity index (χ1) is 14.7. The Morgan fingerprint density at radius 1 is 0.833 bits per heavy atom. The molecule has 1 heterocycles. The number of amides is 3. The summed E-state index contributed by atoms with van der Waals surface area (Å²) in [5, 5.41) is 5.20. The van der Waals surface area contributed by atoms with Crippen molar-refractivity contribution < 1.29 is 9.59 Å². The fourth-order valence-electron chi connectivity index (χ4n) is 3.92. The molecule has 0 aromatic heterocycles. The number of hydrogen-bond acceptors (Lipinski definition) is 3. The van der Waals surface area contributed by atoms with Crippen LogP contribution in [0.25, 0.3) is 0 Å². The number of nitrogens with one attached hydrogen (secondary N) is 2. The van der Waals surface area contributed by atoms with Crippen molar-refractivity contribution in [3.05, 3.63) is 107 Å². The molecular formula is C25H25N3O2. The Kier molecular flexibility index (Phi) is 6.20. The maximum Gasteiger partial charge on any atom is 0.321 e. The molecule has 0 bridgehead atoms. The van der Waals surface area contributed by atoms with Crippen LogP contribution in [0.4, 0.5) is 4.79 Å². The summed E-state index contributed by atoms with van der Waals surface area (Å²) in [6, 6.07) is 27.8. The van der Waals surface area contributed by atoms with Crippen molar-refractivity contribution in [1.29, 1.82) is 0 Å². The second-order valence-electron chi connectivity index (χ2n) is 7.52. The van der Waals surface area contributed by atoms with E-state index in [1.54, 1.807) is 0 Å². The molecule has 0 spiro atoms. The molecule has 1 atom stereocenters. The number of carbonyl (C=O) groups excluding carboxylic acids is 2. The zero-order valence-corrected chi connectivity index (χ0v) is 16.8. The molecule has 5 heteroatoms. The molecule has 0 saturated carbocycles. The summed E-state index contributed by atoms with van der Waals surface area (Å²) in [6.45, 7) is 1.21. The van der Waals surface area contributed by atoms with Crippen LogP contribution in [0.2, 0.25) is 0 Å². The van der Waals surface area contributed by atoms with Gasteiger partial charge in [0.15, 0.2) is 0 Å². The number of benzene rings is 3. The van der Waals surface area contributed by atoms with Gasteiger partial charge in [-0.25, -0.2) is 4.79 Å². The topological polar surface area (TPSA) is 61.4 Å². The van der Waals surface area contributed by atoms with Gasteiger partial charge in [-0.1, -0.05) is 84.9 Å². The number of urea groups is 1. The lowest BCUT2D eigenvalue weighted by molar-refractivity contribution is -0.122. The third kappa shape index (κ3) is 4.93. The van der Waals surface area contributed by atoms with Gasteiger partial charge in [0.05, 0.1) is 6.54 Å². The molecule has 1 aliphatic heterocycles. The normalized spacial score (nSPS) is 15.8. The standard InChI is InChI=1S/C25H25N3O2/c29-24(27-25(30)26-16-19-9-3-1-4-10-19)18-28-17-22-14-8-7-13-21(22)15-23(28)20-11-5-2-6-12-20/h1-14,23H,15-18H2,(H2,26,27,29,30). The highest BCUT2D eigenvalue weighted by atomic mass is 16.2. The minimum absolute atomic E-state index is 0.0965. The zero-order chi connectivity index (χ0) is 20.8. The van der Waals surface area contributed by atoms with Crippen molar-refractivity contribution in [1.82, 2.24) is 15.5 Å².